The maximum atomic E-state index is 12.3. The number of amides is 1. The SMILES string of the molecule is Cc1ccccc1CC(=O)N1CCN(CCN)CC1. The van der Waals surface area contributed by atoms with E-state index in [1.165, 1.54) is 5.56 Å². The minimum Gasteiger partial charge on any atom is -0.340 e. The summed E-state index contributed by atoms with van der Waals surface area (Å²) < 4.78 is 0. The molecule has 19 heavy (non-hydrogen) atoms. The minimum atomic E-state index is 0.238. The monoisotopic (exact) mass is 261 g/mol. The molecule has 2 N–H and O–H groups in total. The number of hydrogen-bond acceptors (Lipinski definition) is 3. The molecule has 1 aliphatic heterocycles. The molecule has 1 saturated heterocycles. The first-order valence-electron chi connectivity index (χ1n) is 6.95. The number of carbonyl (C=O) groups excluding carboxylic acids is 1. The first-order chi connectivity index (χ1) is 9.20. The number of nitrogens with zero attached hydrogens (tertiary/aromatic N) is 2. The van der Waals surface area contributed by atoms with Crippen LogP contribution >= 0.6 is 0 Å². The van der Waals surface area contributed by atoms with Crippen molar-refractivity contribution in [2.24, 2.45) is 5.73 Å². The van der Waals surface area contributed by atoms with Crippen molar-refractivity contribution in [3.63, 3.8) is 0 Å². The number of benzene rings is 1. The Balaban J connectivity index is 1.87. The van der Waals surface area contributed by atoms with Gasteiger partial charge < -0.3 is 10.6 Å². The molecule has 0 saturated carbocycles. The summed E-state index contributed by atoms with van der Waals surface area (Å²) in [6.45, 7) is 7.21. The van der Waals surface area contributed by atoms with Gasteiger partial charge in [0.1, 0.15) is 0 Å². The van der Waals surface area contributed by atoms with Crippen molar-refractivity contribution in [1.82, 2.24) is 9.80 Å². The van der Waals surface area contributed by atoms with Crippen LogP contribution in [0.15, 0.2) is 24.3 Å². The van der Waals surface area contributed by atoms with Gasteiger partial charge in [-0.2, -0.15) is 0 Å². The Morgan fingerprint density at radius 1 is 1.21 bits per heavy atom. The second-order valence-electron chi connectivity index (χ2n) is 5.11. The zero-order chi connectivity index (χ0) is 13.7. The highest BCUT2D eigenvalue weighted by Gasteiger charge is 2.20. The lowest BCUT2D eigenvalue weighted by atomic mass is 10.1. The lowest BCUT2D eigenvalue weighted by molar-refractivity contribution is -0.132. The minimum absolute atomic E-state index is 0.238. The van der Waals surface area contributed by atoms with Crippen LogP contribution in [0.3, 0.4) is 0 Å². The van der Waals surface area contributed by atoms with Crippen LogP contribution in [0.4, 0.5) is 0 Å². The molecule has 1 aliphatic rings. The van der Waals surface area contributed by atoms with Crippen LogP contribution in [0.5, 0.6) is 0 Å². The van der Waals surface area contributed by atoms with E-state index in [2.05, 4.69) is 17.9 Å². The zero-order valence-corrected chi connectivity index (χ0v) is 11.6. The fourth-order valence-corrected chi connectivity index (χ4v) is 2.49. The van der Waals surface area contributed by atoms with E-state index >= 15 is 0 Å². The lowest BCUT2D eigenvalue weighted by Crippen LogP contribution is -2.50. The van der Waals surface area contributed by atoms with Gasteiger partial charge >= 0.3 is 0 Å². The summed E-state index contributed by atoms with van der Waals surface area (Å²) in [5.41, 5.74) is 7.88. The van der Waals surface area contributed by atoms with E-state index in [-0.39, 0.29) is 5.91 Å². The zero-order valence-electron chi connectivity index (χ0n) is 11.6. The molecule has 1 heterocycles. The third-order valence-electron chi connectivity index (χ3n) is 3.77. The average Bonchev–Trinajstić information content (AvgIpc) is 2.42. The van der Waals surface area contributed by atoms with Crippen LogP contribution in [-0.4, -0.2) is 55.0 Å². The van der Waals surface area contributed by atoms with Gasteiger partial charge in [0.2, 0.25) is 5.91 Å². The number of piperazine rings is 1. The third kappa shape index (κ3) is 3.78. The summed E-state index contributed by atoms with van der Waals surface area (Å²) in [5.74, 6) is 0.238. The maximum absolute atomic E-state index is 12.3. The predicted octanol–water partition coefficient (Wildman–Crippen LogP) is 0.640. The quantitative estimate of drug-likeness (QED) is 0.865. The standard InChI is InChI=1S/C15H23N3O/c1-13-4-2-3-5-14(13)12-15(19)18-10-8-17(7-6-16)9-11-18/h2-5H,6-12,16H2,1H3. The molecule has 4 heteroatoms. The van der Waals surface area contributed by atoms with Gasteiger partial charge in [-0.15, -0.1) is 0 Å². The Morgan fingerprint density at radius 2 is 1.89 bits per heavy atom. The van der Waals surface area contributed by atoms with Crippen molar-refractivity contribution in [1.29, 1.82) is 0 Å². The van der Waals surface area contributed by atoms with E-state index in [1.54, 1.807) is 0 Å². The molecule has 0 unspecified atom stereocenters. The summed E-state index contributed by atoms with van der Waals surface area (Å²) in [7, 11) is 0. The van der Waals surface area contributed by atoms with Crippen LogP contribution in [0, 0.1) is 6.92 Å². The Bertz CT molecular complexity index is 425. The second kappa shape index (κ2) is 6.68. The van der Waals surface area contributed by atoms with E-state index < -0.39 is 0 Å². The van der Waals surface area contributed by atoms with Crippen molar-refractivity contribution in [2.75, 3.05) is 39.3 Å². The summed E-state index contributed by atoms with van der Waals surface area (Å²) in [4.78, 5) is 16.6. The highest BCUT2D eigenvalue weighted by Crippen LogP contribution is 2.10. The van der Waals surface area contributed by atoms with Crippen molar-refractivity contribution < 1.29 is 4.79 Å². The van der Waals surface area contributed by atoms with E-state index in [4.69, 9.17) is 5.73 Å². The first kappa shape index (κ1) is 14.0. The van der Waals surface area contributed by atoms with Gasteiger partial charge in [-0.05, 0) is 18.1 Å². The van der Waals surface area contributed by atoms with Crippen molar-refractivity contribution in [3.05, 3.63) is 35.4 Å². The molecule has 104 valence electrons. The Hall–Kier alpha value is -1.39. The van der Waals surface area contributed by atoms with Gasteiger partial charge in [0.05, 0.1) is 6.42 Å². The fourth-order valence-electron chi connectivity index (χ4n) is 2.49. The molecule has 1 amide bonds. The number of carbonyl (C=O) groups is 1. The molecular formula is C15H23N3O. The number of rotatable bonds is 4. The summed E-state index contributed by atoms with van der Waals surface area (Å²) in [6.07, 6.45) is 0.517. The summed E-state index contributed by atoms with van der Waals surface area (Å²) in [5, 5.41) is 0. The average molecular weight is 261 g/mol. The van der Waals surface area contributed by atoms with Crippen LogP contribution in [0.25, 0.3) is 0 Å². The predicted molar refractivity (Wildman–Crippen MR) is 77.0 cm³/mol. The van der Waals surface area contributed by atoms with E-state index in [0.29, 0.717) is 13.0 Å². The lowest BCUT2D eigenvalue weighted by Gasteiger charge is -2.34. The maximum Gasteiger partial charge on any atom is 0.227 e. The van der Waals surface area contributed by atoms with Crippen LogP contribution in [0.2, 0.25) is 0 Å². The second-order valence-corrected chi connectivity index (χ2v) is 5.11. The Labute approximate surface area is 115 Å². The first-order valence-corrected chi connectivity index (χ1v) is 6.95. The van der Waals surface area contributed by atoms with Crippen LogP contribution in [0.1, 0.15) is 11.1 Å². The fraction of sp³-hybridized carbons (Fsp3) is 0.533. The largest absolute Gasteiger partial charge is 0.340 e. The molecule has 4 nitrogen and oxygen atoms in total. The van der Waals surface area contributed by atoms with Gasteiger partial charge in [0, 0.05) is 39.3 Å². The normalized spacial score (nSPS) is 16.6. The smallest absolute Gasteiger partial charge is 0.227 e. The molecule has 0 bridgehead atoms. The molecule has 1 aromatic rings. The summed E-state index contributed by atoms with van der Waals surface area (Å²) >= 11 is 0. The molecular weight excluding hydrogens is 238 g/mol. The Morgan fingerprint density at radius 3 is 2.53 bits per heavy atom. The molecule has 0 radical (unpaired) electrons. The number of aryl methyl sites for hydroxylation is 1. The highest BCUT2D eigenvalue weighted by atomic mass is 16.2. The highest BCUT2D eigenvalue weighted by molar-refractivity contribution is 5.79. The van der Waals surface area contributed by atoms with Crippen LogP contribution < -0.4 is 5.73 Å². The van der Waals surface area contributed by atoms with E-state index in [1.807, 2.05) is 23.1 Å². The van der Waals surface area contributed by atoms with Crippen molar-refractivity contribution in [2.45, 2.75) is 13.3 Å². The molecule has 1 aromatic carbocycles. The van der Waals surface area contributed by atoms with Crippen LogP contribution in [-0.2, 0) is 11.2 Å². The molecule has 0 aliphatic carbocycles. The number of hydrogen-bond donors (Lipinski definition) is 1. The molecule has 2 rings (SSSR count). The molecule has 0 spiro atoms. The molecule has 1 fully saturated rings. The Kier molecular flexibility index (Phi) is 4.93. The molecule has 0 atom stereocenters. The van der Waals surface area contributed by atoms with Gasteiger partial charge in [-0.25, -0.2) is 0 Å². The molecule has 0 aromatic heterocycles. The van der Waals surface area contributed by atoms with Gasteiger partial charge in [-0.3, -0.25) is 9.69 Å². The number of nitrogens with two attached hydrogens (primary N) is 1. The topological polar surface area (TPSA) is 49.6 Å². The van der Waals surface area contributed by atoms with Gasteiger partial charge in [-0.1, -0.05) is 24.3 Å². The van der Waals surface area contributed by atoms with Crippen molar-refractivity contribution in [3.8, 4) is 0 Å². The van der Waals surface area contributed by atoms with Gasteiger partial charge in [0.15, 0.2) is 0 Å². The van der Waals surface area contributed by atoms with E-state index in [9.17, 15) is 4.79 Å². The van der Waals surface area contributed by atoms with Crippen molar-refractivity contribution >= 4 is 5.91 Å². The third-order valence-corrected chi connectivity index (χ3v) is 3.77. The van der Waals surface area contributed by atoms with Gasteiger partial charge in [0.25, 0.3) is 0 Å². The summed E-state index contributed by atoms with van der Waals surface area (Å²) in [6, 6.07) is 8.10. The van der Waals surface area contributed by atoms with E-state index in [0.717, 1.165) is 38.3 Å².